The van der Waals surface area contributed by atoms with Gasteiger partial charge in [0.05, 0.1) is 11.0 Å². The van der Waals surface area contributed by atoms with Gasteiger partial charge in [-0.25, -0.2) is 9.97 Å². The Balaban J connectivity index is 2.15. The second kappa shape index (κ2) is 4.69. The van der Waals surface area contributed by atoms with Gasteiger partial charge in [-0.2, -0.15) is 5.10 Å². The monoisotopic (exact) mass is 238 g/mol. The molecule has 6 nitrogen and oxygen atoms in total. The quantitative estimate of drug-likeness (QED) is 0.592. The molecule has 0 radical (unpaired) electrons. The highest BCUT2D eigenvalue weighted by Gasteiger charge is 2.15. The van der Waals surface area contributed by atoms with Gasteiger partial charge < -0.3 is 0 Å². The molecular formula is C9H14N6S. The van der Waals surface area contributed by atoms with E-state index in [1.54, 1.807) is 22.3 Å². The minimum absolute atomic E-state index is 0.0362. The van der Waals surface area contributed by atoms with Gasteiger partial charge in [0.1, 0.15) is 12.2 Å². The molecule has 0 aliphatic rings. The van der Waals surface area contributed by atoms with Crippen LogP contribution in [-0.2, 0) is 13.5 Å². The number of hydrazine groups is 1. The molecule has 1 unspecified atom stereocenters. The van der Waals surface area contributed by atoms with E-state index in [9.17, 15) is 0 Å². The molecule has 0 fully saturated rings. The van der Waals surface area contributed by atoms with E-state index in [-0.39, 0.29) is 6.04 Å². The van der Waals surface area contributed by atoms with Crippen LogP contribution in [0.15, 0.2) is 12.5 Å². The minimum Gasteiger partial charge on any atom is -0.271 e. The first-order valence-electron chi connectivity index (χ1n) is 4.92. The highest BCUT2D eigenvalue weighted by atomic mass is 32.1. The number of nitrogens with one attached hydrogen (secondary N) is 1. The van der Waals surface area contributed by atoms with Crippen molar-refractivity contribution in [3.8, 4) is 0 Å². The summed E-state index contributed by atoms with van der Waals surface area (Å²) in [6.45, 7) is 1.98. The molecule has 0 aliphatic carbocycles. The van der Waals surface area contributed by atoms with E-state index in [4.69, 9.17) is 5.84 Å². The molecule has 0 aliphatic heterocycles. The number of aryl methyl sites for hydroxylation is 2. The number of hydrogen-bond donors (Lipinski definition) is 2. The molecule has 0 bridgehead atoms. The van der Waals surface area contributed by atoms with Crippen molar-refractivity contribution >= 4 is 11.3 Å². The third-order valence-corrected chi connectivity index (χ3v) is 3.40. The summed E-state index contributed by atoms with van der Waals surface area (Å²) in [7, 11) is 1.87. The Labute approximate surface area is 97.5 Å². The zero-order valence-corrected chi connectivity index (χ0v) is 10.0. The van der Waals surface area contributed by atoms with Gasteiger partial charge in [0.15, 0.2) is 0 Å². The molecule has 0 amide bonds. The van der Waals surface area contributed by atoms with Crippen LogP contribution in [0.1, 0.15) is 21.8 Å². The number of nitrogens with two attached hydrogens (primary N) is 1. The van der Waals surface area contributed by atoms with Gasteiger partial charge in [0.25, 0.3) is 0 Å². The first kappa shape index (κ1) is 11.2. The van der Waals surface area contributed by atoms with Crippen LogP contribution in [-0.4, -0.2) is 19.7 Å². The molecule has 86 valence electrons. The predicted molar refractivity (Wildman–Crippen MR) is 61.6 cm³/mol. The van der Waals surface area contributed by atoms with Crippen molar-refractivity contribution in [3.05, 3.63) is 28.2 Å². The predicted octanol–water partition coefficient (Wildman–Crippen LogP) is 0.327. The number of aromatic nitrogens is 4. The lowest BCUT2D eigenvalue weighted by atomic mass is 10.2. The molecule has 0 saturated carbocycles. The maximum Gasteiger partial charge on any atom is 0.138 e. The molecule has 0 saturated heterocycles. The number of thiazole rings is 1. The molecule has 7 heteroatoms. The van der Waals surface area contributed by atoms with E-state index in [2.05, 4.69) is 20.5 Å². The second-order valence-corrected chi connectivity index (χ2v) is 4.77. The van der Waals surface area contributed by atoms with Crippen molar-refractivity contribution in [1.82, 2.24) is 25.2 Å². The Bertz CT molecular complexity index is 462. The zero-order valence-electron chi connectivity index (χ0n) is 9.21. The van der Waals surface area contributed by atoms with Crippen LogP contribution in [0.3, 0.4) is 0 Å². The standard InChI is InChI=1S/C9H14N6S/c1-6-11-4-8(16-6)7(14-10)3-9-12-5-13-15(9)2/h4-5,7,14H,3,10H2,1-2H3. The third kappa shape index (κ3) is 2.26. The molecule has 0 spiro atoms. The van der Waals surface area contributed by atoms with E-state index in [1.807, 2.05) is 20.2 Å². The highest BCUT2D eigenvalue weighted by molar-refractivity contribution is 7.11. The Hall–Kier alpha value is -1.31. The Kier molecular flexibility index (Phi) is 3.28. The van der Waals surface area contributed by atoms with E-state index in [1.165, 1.54) is 0 Å². The van der Waals surface area contributed by atoms with Crippen molar-refractivity contribution < 1.29 is 0 Å². The third-order valence-electron chi connectivity index (χ3n) is 2.38. The lowest BCUT2D eigenvalue weighted by molar-refractivity contribution is 0.529. The van der Waals surface area contributed by atoms with E-state index in [0.717, 1.165) is 15.7 Å². The summed E-state index contributed by atoms with van der Waals surface area (Å²) in [4.78, 5) is 9.51. The summed E-state index contributed by atoms with van der Waals surface area (Å²) >= 11 is 1.64. The molecule has 2 aromatic heterocycles. The average molecular weight is 238 g/mol. The largest absolute Gasteiger partial charge is 0.271 e. The normalized spacial score (nSPS) is 12.9. The van der Waals surface area contributed by atoms with Gasteiger partial charge in [0, 0.05) is 24.5 Å². The maximum atomic E-state index is 5.55. The van der Waals surface area contributed by atoms with Crippen LogP contribution in [0.25, 0.3) is 0 Å². The summed E-state index contributed by atoms with van der Waals surface area (Å²) in [5, 5.41) is 5.06. The zero-order chi connectivity index (χ0) is 11.5. The Morgan fingerprint density at radius 1 is 1.56 bits per heavy atom. The fourth-order valence-electron chi connectivity index (χ4n) is 1.47. The number of nitrogens with zero attached hydrogens (tertiary/aromatic N) is 4. The molecular weight excluding hydrogens is 224 g/mol. The molecule has 3 N–H and O–H groups in total. The van der Waals surface area contributed by atoms with Crippen LogP contribution in [0.2, 0.25) is 0 Å². The molecule has 2 rings (SSSR count). The van der Waals surface area contributed by atoms with Gasteiger partial charge >= 0.3 is 0 Å². The summed E-state index contributed by atoms with van der Waals surface area (Å²) in [5.41, 5.74) is 2.79. The average Bonchev–Trinajstić information content (AvgIpc) is 2.85. The summed E-state index contributed by atoms with van der Waals surface area (Å²) in [6.07, 6.45) is 4.09. The highest BCUT2D eigenvalue weighted by Crippen LogP contribution is 2.22. The SMILES string of the molecule is Cc1ncc(C(Cc2ncnn2C)NN)s1. The smallest absolute Gasteiger partial charge is 0.138 e. The van der Waals surface area contributed by atoms with E-state index < -0.39 is 0 Å². The van der Waals surface area contributed by atoms with Crippen molar-refractivity contribution in [1.29, 1.82) is 0 Å². The fourth-order valence-corrected chi connectivity index (χ4v) is 2.31. The lowest BCUT2D eigenvalue weighted by Gasteiger charge is -2.12. The van der Waals surface area contributed by atoms with Gasteiger partial charge in [-0.1, -0.05) is 0 Å². The summed E-state index contributed by atoms with van der Waals surface area (Å²) < 4.78 is 1.75. The van der Waals surface area contributed by atoms with E-state index in [0.29, 0.717) is 6.42 Å². The molecule has 16 heavy (non-hydrogen) atoms. The van der Waals surface area contributed by atoms with Crippen molar-refractivity contribution in [3.63, 3.8) is 0 Å². The molecule has 1 atom stereocenters. The van der Waals surface area contributed by atoms with Crippen molar-refractivity contribution in [2.75, 3.05) is 0 Å². The summed E-state index contributed by atoms with van der Waals surface area (Å²) in [5.74, 6) is 6.45. The van der Waals surface area contributed by atoms with Gasteiger partial charge in [-0.15, -0.1) is 11.3 Å². The topological polar surface area (TPSA) is 81.7 Å². The van der Waals surface area contributed by atoms with Crippen LogP contribution < -0.4 is 11.3 Å². The van der Waals surface area contributed by atoms with Gasteiger partial charge in [-0.3, -0.25) is 16.0 Å². The van der Waals surface area contributed by atoms with Gasteiger partial charge in [-0.05, 0) is 6.92 Å². The van der Waals surface area contributed by atoms with Crippen LogP contribution in [0.5, 0.6) is 0 Å². The van der Waals surface area contributed by atoms with Crippen molar-refractivity contribution in [2.24, 2.45) is 12.9 Å². The van der Waals surface area contributed by atoms with Crippen molar-refractivity contribution in [2.45, 2.75) is 19.4 Å². The second-order valence-electron chi connectivity index (χ2n) is 3.50. The molecule has 0 aromatic carbocycles. The first-order chi connectivity index (χ1) is 7.70. The lowest BCUT2D eigenvalue weighted by Crippen LogP contribution is -2.29. The number of hydrogen-bond acceptors (Lipinski definition) is 6. The Morgan fingerprint density at radius 2 is 2.38 bits per heavy atom. The van der Waals surface area contributed by atoms with Crippen LogP contribution in [0.4, 0.5) is 0 Å². The van der Waals surface area contributed by atoms with Crippen LogP contribution in [0, 0.1) is 6.92 Å². The Morgan fingerprint density at radius 3 is 2.88 bits per heavy atom. The fraction of sp³-hybridized carbons (Fsp3) is 0.444. The summed E-state index contributed by atoms with van der Waals surface area (Å²) in [6, 6.07) is 0.0362. The first-order valence-corrected chi connectivity index (χ1v) is 5.73. The molecule has 2 aromatic rings. The molecule has 2 heterocycles. The van der Waals surface area contributed by atoms with E-state index >= 15 is 0 Å². The van der Waals surface area contributed by atoms with Crippen LogP contribution >= 0.6 is 11.3 Å². The van der Waals surface area contributed by atoms with Gasteiger partial charge in [0.2, 0.25) is 0 Å². The number of rotatable bonds is 4. The minimum atomic E-state index is 0.0362. The maximum absolute atomic E-state index is 5.55.